The average Bonchev–Trinajstić information content (AvgIpc) is 2.87. The topological polar surface area (TPSA) is 9.23 Å². The van der Waals surface area contributed by atoms with Gasteiger partial charge in [-0.15, -0.1) is 0 Å². The molecule has 88 valence electrons. The molecule has 0 N–H and O–H groups in total. The Morgan fingerprint density at radius 2 is 2.00 bits per heavy atom. The van der Waals surface area contributed by atoms with Gasteiger partial charge in [-0.3, -0.25) is 0 Å². The highest BCUT2D eigenvalue weighted by molar-refractivity contribution is 9.09. The van der Waals surface area contributed by atoms with Crippen molar-refractivity contribution >= 4 is 24.0 Å². The van der Waals surface area contributed by atoms with Gasteiger partial charge >= 0.3 is 0 Å². The first-order chi connectivity index (χ1) is 6.97. The summed E-state index contributed by atoms with van der Waals surface area (Å²) in [5.41, 5.74) is 0.478. The number of hydrogen-bond acceptors (Lipinski definition) is 1. The monoisotopic (exact) mass is 290 g/mol. The minimum atomic E-state index is -0.985. The number of alkyl halides is 1. The van der Waals surface area contributed by atoms with Gasteiger partial charge in [-0.25, -0.2) is 0 Å². The Morgan fingerprint density at radius 1 is 1.33 bits per heavy atom. The van der Waals surface area contributed by atoms with Crippen LogP contribution in [0.15, 0.2) is 0 Å². The Morgan fingerprint density at radius 3 is 2.47 bits per heavy atom. The van der Waals surface area contributed by atoms with Gasteiger partial charge in [0, 0.05) is 25.4 Å². The van der Waals surface area contributed by atoms with Gasteiger partial charge in [-0.2, -0.15) is 0 Å². The van der Waals surface area contributed by atoms with Crippen LogP contribution in [0.2, 0.25) is 25.7 Å². The Hall–Kier alpha value is 0.657. The van der Waals surface area contributed by atoms with Crippen molar-refractivity contribution in [3.8, 4) is 0 Å². The second-order valence-electron chi connectivity index (χ2n) is 6.61. The van der Waals surface area contributed by atoms with E-state index in [1.807, 2.05) is 0 Å². The van der Waals surface area contributed by atoms with Gasteiger partial charge < -0.3 is 4.74 Å². The third-order valence-electron chi connectivity index (χ3n) is 3.70. The van der Waals surface area contributed by atoms with E-state index in [0.717, 1.165) is 17.9 Å². The number of rotatable bonds is 4. The van der Waals surface area contributed by atoms with Crippen LogP contribution in [0.5, 0.6) is 0 Å². The standard InChI is InChI=1S/C12H23BrOSi/c1-15(2,3)9-12(8-13)6-7-14-11(12)10-4-5-10/h10-11H,4-9H2,1-3H3. The molecule has 2 unspecified atom stereocenters. The normalized spacial score (nSPS) is 37.2. The molecule has 1 saturated carbocycles. The van der Waals surface area contributed by atoms with Crippen molar-refractivity contribution < 1.29 is 4.74 Å². The minimum Gasteiger partial charge on any atom is -0.377 e. The lowest BCUT2D eigenvalue weighted by Crippen LogP contribution is -2.40. The van der Waals surface area contributed by atoms with Crippen molar-refractivity contribution in [2.75, 3.05) is 11.9 Å². The van der Waals surface area contributed by atoms with Crippen molar-refractivity contribution in [1.29, 1.82) is 0 Å². The zero-order valence-corrected chi connectivity index (χ0v) is 12.8. The summed E-state index contributed by atoms with van der Waals surface area (Å²) < 4.78 is 6.02. The number of ether oxygens (including phenoxy) is 1. The van der Waals surface area contributed by atoms with Crippen LogP contribution in [0.1, 0.15) is 19.3 Å². The first-order valence-electron chi connectivity index (χ1n) is 6.14. The molecule has 1 aliphatic heterocycles. The van der Waals surface area contributed by atoms with Crippen molar-refractivity contribution in [1.82, 2.24) is 0 Å². The van der Waals surface area contributed by atoms with Gasteiger partial charge in [0.2, 0.25) is 0 Å². The molecule has 2 atom stereocenters. The Balaban J connectivity index is 2.11. The highest BCUT2D eigenvalue weighted by Gasteiger charge is 2.51. The third kappa shape index (κ3) is 2.67. The van der Waals surface area contributed by atoms with Gasteiger partial charge in [0.05, 0.1) is 6.10 Å². The molecule has 0 aromatic rings. The summed E-state index contributed by atoms with van der Waals surface area (Å²) in [6, 6.07) is 1.42. The maximum Gasteiger partial charge on any atom is 0.0665 e. The molecule has 0 amide bonds. The van der Waals surface area contributed by atoms with Crippen LogP contribution in [0, 0.1) is 11.3 Å². The van der Waals surface area contributed by atoms with Crippen molar-refractivity contribution in [3.05, 3.63) is 0 Å². The molecule has 0 aromatic carbocycles. The fourth-order valence-electron chi connectivity index (χ4n) is 3.18. The summed E-state index contributed by atoms with van der Waals surface area (Å²) in [4.78, 5) is 0. The molecule has 0 radical (unpaired) electrons. The van der Waals surface area contributed by atoms with Crippen LogP contribution in [0.25, 0.3) is 0 Å². The lowest BCUT2D eigenvalue weighted by molar-refractivity contribution is 0.0479. The summed E-state index contributed by atoms with van der Waals surface area (Å²) in [6.07, 6.45) is 4.67. The van der Waals surface area contributed by atoms with Gasteiger partial charge in [-0.1, -0.05) is 35.6 Å². The SMILES string of the molecule is C[Si](C)(C)CC1(CBr)CCOC1C1CC1. The highest BCUT2D eigenvalue weighted by atomic mass is 79.9. The molecule has 0 bridgehead atoms. The number of hydrogen-bond donors (Lipinski definition) is 0. The highest BCUT2D eigenvalue weighted by Crippen LogP contribution is 2.52. The van der Waals surface area contributed by atoms with Crippen molar-refractivity contribution in [3.63, 3.8) is 0 Å². The predicted molar refractivity (Wildman–Crippen MR) is 71.5 cm³/mol. The van der Waals surface area contributed by atoms with Crippen LogP contribution in [0.4, 0.5) is 0 Å². The predicted octanol–water partition coefficient (Wildman–Crippen LogP) is 3.90. The van der Waals surface area contributed by atoms with E-state index in [1.54, 1.807) is 0 Å². The first-order valence-corrected chi connectivity index (χ1v) is 11.0. The lowest BCUT2D eigenvalue weighted by atomic mass is 9.83. The maximum atomic E-state index is 6.02. The quantitative estimate of drug-likeness (QED) is 0.564. The Labute approximate surface area is 103 Å². The zero-order valence-electron chi connectivity index (χ0n) is 10.2. The summed E-state index contributed by atoms with van der Waals surface area (Å²) in [6.45, 7) is 8.45. The lowest BCUT2D eigenvalue weighted by Gasteiger charge is -2.37. The maximum absolute atomic E-state index is 6.02. The second kappa shape index (κ2) is 4.15. The molecular formula is C12H23BrOSi. The van der Waals surface area contributed by atoms with Crippen molar-refractivity contribution in [2.45, 2.75) is 51.1 Å². The Kier molecular flexibility index (Phi) is 3.36. The van der Waals surface area contributed by atoms with Gasteiger partial charge in [0.1, 0.15) is 0 Å². The molecule has 15 heavy (non-hydrogen) atoms. The van der Waals surface area contributed by atoms with E-state index in [-0.39, 0.29) is 0 Å². The molecule has 2 rings (SSSR count). The zero-order chi connectivity index (χ0) is 11.1. The summed E-state index contributed by atoms with van der Waals surface area (Å²) >= 11 is 3.76. The van der Waals surface area contributed by atoms with Gasteiger partial charge in [0.15, 0.2) is 0 Å². The summed E-state index contributed by atoms with van der Waals surface area (Å²) in [5, 5.41) is 1.14. The first kappa shape index (κ1) is 12.1. The fraction of sp³-hybridized carbons (Fsp3) is 1.00. The summed E-state index contributed by atoms with van der Waals surface area (Å²) in [5.74, 6) is 0.890. The minimum absolute atomic E-state index is 0.478. The van der Waals surface area contributed by atoms with E-state index in [4.69, 9.17) is 4.74 Å². The molecule has 2 fully saturated rings. The van der Waals surface area contributed by atoms with Gasteiger partial charge in [-0.05, 0) is 31.2 Å². The molecule has 0 spiro atoms. The molecule has 1 aliphatic carbocycles. The van der Waals surface area contributed by atoms with E-state index < -0.39 is 8.07 Å². The molecule has 1 saturated heterocycles. The molecule has 3 heteroatoms. The van der Waals surface area contributed by atoms with E-state index in [2.05, 4.69) is 35.6 Å². The largest absolute Gasteiger partial charge is 0.377 e. The van der Waals surface area contributed by atoms with Crippen LogP contribution < -0.4 is 0 Å². The molecule has 0 aromatic heterocycles. The summed E-state index contributed by atoms with van der Waals surface area (Å²) in [7, 11) is -0.985. The Bertz CT molecular complexity index is 234. The van der Waals surface area contributed by atoms with Crippen LogP contribution >= 0.6 is 15.9 Å². The number of halogens is 1. The van der Waals surface area contributed by atoms with E-state index in [1.165, 1.54) is 25.3 Å². The molecule has 2 aliphatic rings. The van der Waals surface area contributed by atoms with E-state index in [9.17, 15) is 0 Å². The third-order valence-corrected chi connectivity index (χ3v) is 6.58. The average molecular weight is 291 g/mol. The van der Waals surface area contributed by atoms with Crippen LogP contribution in [-0.4, -0.2) is 26.1 Å². The van der Waals surface area contributed by atoms with Crippen LogP contribution in [-0.2, 0) is 4.74 Å². The van der Waals surface area contributed by atoms with Gasteiger partial charge in [0.25, 0.3) is 0 Å². The molecular weight excluding hydrogens is 268 g/mol. The molecule has 1 nitrogen and oxygen atoms in total. The fourth-order valence-corrected chi connectivity index (χ4v) is 6.96. The molecule has 1 heterocycles. The smallest absolute Gasteiger partial charge is 0.0665 e. The second-order valence-corrected chi connectivity index (χ2v) is 12.6. The van der Waals surface area contributed by atoms with Crippen molar-refractivity contribution in [2.24, 2.45) is 11.3 Å². The van der Waals surface area contributed by atoms with Crippen LogP contribution in [0.3, 0.4) is 0 Å². The van der Waals surface area contributed by atoms with E-state index in [0.29, 0.717) is 11.5 Å². The van der Waals surface area contributed by atoms with E-state index >= 15 is 0 Å².